The van der Waals surface area contributed by atoms with Crippen LogP contribution in [0.2, 0.25) is 0 Å². The van der Waals surface area contributed by atoms with Gasteiger partial charge in [0.2, 0.25) is 11.8 Å². The van der Waals surface area contributed by atoms with E-state index in [4.69, 9.17) is 0 Å². The van der Waals surface area contributed by atoms with Gasteiger partial charge in [-0.25, -0.2) is 0 Å². The topological polar surface area (TPSA) is 40.6 Å². The van der Waals surface area contributed by atoms with Gasteiger partial charge in [-0.05, 0) is 41.9 Å². The van der Waals surface area contributed by atoms with Crippen LogP contribution in [0.4, 0.5) is 11.4 Å². The Morgan fingerprint density at radius 1 is 1.45 bits per heavy atom. The fourth-order valence-electron chi connectivity index (χ4n) is 3.04. The van der Waals surface area contributed by atoms with Gasteiger partial charge in [-0.2, -0.15) is 12.6 Å². The summed E-state index contributed by atoms with van der Waals surface area (Å²) >= 11 is 4.29. The van der Waals surface area contributed by atoms with E-state index in [1.165, 1.54) is 0 Å². The monoisotopic (exact) mass is 290 g/mol. The molecule has 0 spiro atoms. The highest BCUT2D eigenvalue weighted by Crippen LogP contribution is 2.34. The SMILES string of the molecule is CC(=O)N1CCc2cc(N3CC(CS)CC3=O)ccc21. The van der Waals surface area contributed by atoms with Crippen molar-refractivity contribution < 1.29 is 9.59 Å². The molecule has 2 amide bonds. The number of hydrogen-bond acceptors (Lipinski definition) is 3. The molecule has 106 valence electrons. The molecule has 2 aliphatic heterocycles. The third-order valence-corrected chi connectivity index (χ3v) is 4.63. The summed E-state index contributed by atoms with van der Waals surface area (Å²) in [7, 11) is 0. The molecule has 2 aliphatic rings. The average Bonchev–Trinajstić information content (AvgIpc) is 3.01. The van der Waals surface area contributed by atoms with Crippen molar-refractivity contribution in [2.24, 2.45) is 5.92 Å². The van der Waals surface area contributed by atoms with Crippen LogP contribution in [0, 0.1) is 5.92 Å². The van der Waals surface area contributed by atoms with Gasteiger partial charge < -0.3 is 9.80 Å². The van der Waals surface area contributed by atoms with Crippen molar-refractivity contribution in [1.29, 1.82) is 0 Å². The fraction of sp³-hybridized carbons (Fsp3) is 0.467. The zero-order valence-corrected chi connectivity index (χ0v) is 12.4. The molecule has 1 unspecified atom stereocenters. The lowest BCUT2D eigenvalue weighted by Crippen LogP contribution is -2.26. The van der Waals surface area contributed by atoms with Gasteiger partial charge in [-0.1, -0.05) is 0 Å². The number of anilines is 2. The number of hydrogen-bond donors (Lipinski definition) is 1. The van der Waals surface area contributed by atoms with Gasteiger partial charge in [-0.15, -0.1) is 0 Å². The maximum Gasteiger partial charge on any atom is 0.227 e. The number of nitrogens with zero attached hydrogens (tertiary/aromatic N) is 2. The molecule has 4 nitrogen and oxygen atoms in total. The minimum absolute atomic E-state index is 0.0730. The molecule has 0 bridgehead atoms. The number of thiol groups is 1. The second-order valence-corrected chi connectivity index (χ2v) is 5.86. The molecule has 1 fully saturated rings. The lowest BCUT2D eigenvalue weighted by Gasteiger charge is -2.19. The summed E-state index contributed by atoms with van der Waals surface area (Å²) in [4.78, 5) is 27.2. The van der Waals surface area contributed by atoms with E-state index in [0.717, 1.165) is 42.2 Å². The summed E-state index contributed by atoms with van der Waals surface area (Å²) in [6, 6.07) is 5.95. The van der Waals surface area contributed by atoms with Crippen molar-refractivity contribution >= 4 is 35.8 Å². The average molecular weight is 290 g/mol. The number of carbonyl (C=O) groups is 2. The van der Waals surface area contributed by atoms with E-state index in [0.29, 0.717) is 12.3 Å². The molecule has 0 aliphatic carbocycles. The second kappa shape index (κ2) is 5.13. The maximum atomic E-state index is 12.0. The summed E-state index contributed by atoms with van der Waals surface area (Å²) in [6.45, 7) is 3.07. The van der Waals surface area contributed by atoms with Crippen molar-refractivity contribution in [3.63, 3.8) is 0 Å². The zero-order chi connectivity index (χ0) is 14.3. The van der Waals surface area contributed by atoms with Crippen molar-refractivity contribution in [2.45, 2.75) is 19.8 Å². The normalized spacial score (nSPS) is 21.5. The van der Waals surface area contributed by atoms with Crippen LogP contribution in [0.15, 0.2) is 18.2 Å². The van der Waals surface area contributed by atoms with Crippen LogP contribution in [0.5, 0.6) is 0 Å². The molecule has 0 radical (unpaired) electrons. The first-order valence-electron chi connectivity index (χ1n) is 6.92. The largest absolute Gasteiger partial charge is 0.312 e. The Morgan fingerprint density at radius 3 is 2.90 bits per heavy atom. The van der Waals surface area contributed by atoms with Crippen molar-refractivity contribution in [1.82, 2.24) is 0 Å². The van der Waals surface area contributed by atoms with Gasteiger partial charge in [0.1, 0.15) is 0 Å². The molecule has 1 saturated heterocycles. The van der Waals surface area contributed by atoms with E-state index in [2.05, 4.69) is 18.7 Å². The molecular weight excluding hydrogens is 272 g/mol. The van der Waals surface area contributed by atoms with Crippen LogP contribution >= 0.6 is 12.6 Å². The van der Waals surface area contributed by atoms with Gasteiger partial charge in [-0.3, -0.25) is 9.59 Å². The maximum absolute atomic E-state index is 12.0. The standard InChI is InChI=1S/C15H18N2O2S/c1-10(18)16-5-4-12-7-13(2-3-14(12)16)17-8-11(9-20)6-15(17)19/h2-3,7,11,20H,4-6,8-9H2,1H3. The molecule has 1 aromatic rings. The predicted molar refractivity (Wildman–Crippen MR) is 82.5 cm³/mol. The Hall–Kier alpha value is -1.49. The number of benzene rings is 1. The summed E-state index contributed by atoms with van der Waals surface area (Å²) in [5, 5.41) is 0. The van der Waals surface area contributed by atoms with Crippen LogP contribution in [0.25, 0.3) is 0 Å². The molecular formula is C15H18N2O2S. The first-order valence-corrected chi connectivity index (χ1v) is 7.55. The van der Waals surface area contributed by atoms with Gasteiger partial charge in [0, 0.05) is 37.8 Å². The van der Waals surface area contributed by atoms with Crippen LogP contribution in [-0.4, -0.2) is 30.7 Å². The van der Waals surface area contributed by atoms with E-state index >= 15 is 0 Å². The minimum atomic E-state index is 0.0730. The van der Waals surface area contributed by atoms with E-state index < -0.39 is 0 Å². The quantitative estimate of drug-likeness (QED) is 0.845. The predicted octanol–water partition coefficient (Wildman–Crippen LogP) is 1.88. The van der Waals surface area contributed by atoms with Crippen LogP contribution in [0.1, 0.15) is 18.9 Å². The molecule has 20 heavy (non-hydrogen) atoms. The van der Waals surface area contributed by atoms with E-state index in [1.807, 2.05) is 17.0 Å². The lowest BCUT2D eigenvalue weighted by molar-refractivity contribution is -0.117. The van der Waals surface area contributed by atoms with E-state index in [9.17, 15) is 9.59 Å². The highest BCUT2D eigenvalue weighted by molar-refractivity contribution is 7.80. The van der Waals surface area contributed by atoms with Crippen molar-refractivity contribution in [3.05, 3.63) is 23.8 Å². The summed E-state index contributed by atoms with van der Waals surface area (Å²) in [5.74, 6) is 1.33. The third-order valence-electron chi connectivity index (χ3n) is 4.11. The molecule has 5 heteroatoms. The molecule has 0 aromatic heterocycles. The zero-order valence-electron chi connectivity index (χ0n) is 11.5. The van der Waals surface area contributed by atoms with E-state index in [-0.39, 0.29) is 11.8 Å². The van der Waals surface area contributed by atoms with Crippen LogP contribution in [-0.2, 0) is 16.0 Å². The number of fused-ring (bicyclic) bond motifs is 1. The van der Waals surface area contributed by atoms with E-state index in [1.54, 1.807) is 11.8 Å². The first kappa shape index (κ1) is 13.5. The summed E-state index contributed by atoms with van der Waals surface area (Å²) < 4.78 is 0. The number of rotatable bonds is 2. The Labute approximate surface area is 124 Å². The van der Waals surface area contributed by atoms with Gasteiger partial charge in [0.05, 0.1) is 0 Å². The highest BCUT2D eigenvalue weighted by atomic mass is 32.1. The Balaban J connectivity index is 1.87. The molecule has 0 saturated carbocycles. The number of carbonyl (C=O) groups excluding carboxylic acids is 2. The van der Waals surface area contributed by atoms with Crippen LogP contribution in [0.3, 0.4) is 0 Å². The molecule has 0 N–H and O–H groups in total. The first-order chi connectivity index (χ1) is 9.60. The van der Waals surface area contributed by atoms with Crippen molar-refractivity contribution in [2.75, 3.05) is 28.6 Å². The Bertz CT molecular complexity index is 573. The highest BCUT2D eigenvalue weighted by Gasteiger charge is 2.31. The molecule has 1 aromatic carbocycles. The Kier molecular flexibility index (Phi) is 3.46. The second-order valence-electron chi connectivity index (χ2n) is 5.49. The van der Waals surface area contributed by atoms with Gasteiger partial charge >= 0.3 is 0 Å². The summed E-state index contributed by atoms with van der Waals surface area (Å²) in [5.41, 5.74) is 3.09. The van der Waals surface area contributed by atoms with Gasteiger partial charge in [0.15, 0.2) is 0 Å². The summed E-state index contributed by atoms with van der Waals surface area (Å²) in [6.07, 6.45) is 1.45. The lowest BCUT2D eigenvalue weighted by atomic mass is 10.1. The Morgan fingerprint density at radius 2 is 2.25 bits per heavy atom. The van der Waals surface area contributed by atoms with Crippen LogP contribution < -0.4 is 9.80 Å². The molecule has 3 rings (SSSR count). The number of amides is 2. The fourth-order valence-corrected chi connectivity index (χ4v) is 3.28. The third kappa shape index (κ3) is 2.20. The molecule has 2 heterocycles. The molecule has 1 atom stereocenters. The van der Waals surface area contributed by atoms with Crippen molar-refractivity contribution in [3.8, 4) is 0 Å². The van der Waals surface area contributed by atoms with Gasteiger partial charge in [0.25, 0.3) is 0 Å². The minimum Gasteiger partial charge on any atom is -0.312 e. The smallest absolute Gasteiger partial charge is 0.227 e.